The summed E-state index contributed by atoms with van der Waals surface area (Å²) in [7, 11) is -5.72. The first-order valence-corrected chi connectivity index (χ1v) is 8.52. The van der Waals surface area contributed by atoms with E-state index in [-0.39, 0.29) is 18.8 Å². The SMILES string of the molecule is O=C(OCc1ccccc1)C1C=C(OS(=O)(=O)C(F)(F)F)CCC1. The van der Waals surface area contributed by atoms with E-state index in [1.165, 1.54) is 0 Å². The van der Waals surface area contributed by atoms with E-state index in [1.807, 2.05) is 0 Å². The van der Waals surface area contributed by atoms with E-state index in [9.17, 15) is 26.4 Å². The topological polar surface area (TPSA) is 69.7 Å². The van der Waals surface area contributed by atoms with Crippen LogP contribution in [0.3, 0.4) is 0 Å². The van der Waals surface area contributed by atoms with Crippen molar-refractivity contribution in [1.82, 2.24) is 0 Å². The normalized spacial score (nSPS) is 18.6. The van der Waals surface area contributed by atoms with Gasteiger partial charge in [-0.05, 0) is 24.5 Å². The van der Waals surface area contributed by atoms with E-state index in [2.05, 4.69) is 4.18 Å². The van der Waals surface area contributed by atoms with Crippen LogP contribution in [0, 0.1) is 5.92 Å². The molecule has 1 atom stereocenters. The van der Waals surface area contributed by atoms with Crippen LogP contribution in [0.1, 0.15) is 24.8 Å². The maximum Gasteiger partial charge on any atom is 0.534 e. The number of benzene rings is 1. The molecule has 1 aromatic rings. The molecule has 5 nitrogen and oxygen atoms in total. The van der Waals surface area contributed by atoms with Gasteiger partial charge in [-0.1, -0.05) is 30.3 Å². The molecule has 1 aliphatic rings. The number of hydrogen-bond donors (Lipinski definition) is 0. The molecule has 24 heavy (non-hydrogen) atoms. The zero-order valence-corrected chi connectivity index (χ0v) is 13.3. The standard InChI is InChI=1S/C15H15F3O5S/c16-15(17,18)24(20,21)23-13-8-4-7-12(9-13)14(19)22-10-11-5-2-1-3-6-11/h1-3,5-6,9,12H,4,7-8,10H2. The van der Waals surface area contributed by atoms with Crippen LogP contribution in [0.2, 0.25) is 0 Å². The van der Waals surface area contributed by atoms with E-state index in [1.54, 1.807) is 30.3 Å². The molecular weight excluding hydrogens is 349 g/mol. The van der Waals surface area contributed by atoms with Crippen molar-refractivity contribution in [3.63, 3.8) is 0 Å². The molecule has 0 amide bonds. The van der Waals surface area contributed by atoms with Crippen molar-refractivity contribution >= 4 is 16.1 Å². The van der Waals surface area contributed by atoms with Crippen LogP contribution in [-0.4, -0.2) is 19.9 Å². The van der Waals surface area contributed by atoms with Gasteiger partial charge >= 0.3 is 21.6 Å². The molecule has 0 spiro atoms. The molecule has 132 valence electrons. The summed E-state index contributed by atoms with van der Waals surface area (Å²) in [6, 6.07) is 8.87. The molecule has 9 heteroatoms. The molecule has 0 N–H and O–H groups in total. The van der Waals surface area contributed by atoms with Crippen molar-refractivity contribution in [2.45, 2.75) is 31.4 Å². The number of allylic oxidation sites excluding steroid dienone is 1. The minimum Gasteiger partial charge on any atom is -0.460 e. The number of alkyl halides is 3. The number of carbonyl (C=O) groups excluding carboxylic acids is 1. The largest absolute Gasteiger partial charge is 0.534 e. The maximum atomic E-state index is 12.3. The highest BCUT2D eigenvalue weighted by Gasteiger charge is 2.49. The smallest absolute Gasteiger partial charge is 0.460 e. The number of rotatable bonds is 5. The number of carbonyl (C=O) groups is 1. The van der Waals surface area contributed by atoms with Crippen LogP contribution in [0.5, 0.6) is 0 Å². The fraction of sp³-hybridized carbons (Fsp3) is 0.400. The van der Waals surface area contributed by atoms with Gasteiger partial charge in [-0.15, -0.1) is 0 Å². The minimum atomic E-state index is -5.72. The lowest BCUT2D eigenvalue weighted by Crippen LogP contribution is -2.27. The van der Waals surface area contributed by atoms with Crippen LogP contribution < -0.4 is 0 Å². The second kappa shape index (κ2) is 7.25. The summed E-state index contributed by atoms with van der Waals surface area (Å²) in [5, 5.41) is 0. The Morgan fingerprint density at radius 3 is 2.50 bits per heavy atom. The van der Waals surface area contributed by atoms with Gasteiger partial charge in [-0.2, -0.15) is 21.6 Å². The van der Waals surface area contributed by atoms with Crippen LogP contribution in [0.25, 0.3) is 0 Å². The lowest BCUT2D eigenvalue weighted by atomic mass is 9.95. The molecule has 0 fully saturated rings. The predicted molar refractivity (Wildman–Crippen MR) is 77.7 cm³/mol. The third-order valence-corrected chi connectivity index (χ3v) is 4.35. The fourth-order valence-electron chi connectivity index (χ4n) is 2.17. The molecular formula is C15H15F3O5S. The molecule has 0 bridgehead atoms. The van der Waals surface area contributed by atoms with Crippen LogP contribution in [0.15, 0.2) is 42.2 Å². The lowest BCUT2D eigenvalue weighted by molar-refractivity contribution is -0.148. The van der Waals surface area contributed by atoms with Crippen LogP contribution >= 0.6 is 0 Å². The summed E-state index contributed by atoms with van der Waals surface area (Å²) < 4.78 is 68.2. The van der Waals surface area contributed by atoms with Crippen molar-refractivity contribution in [2.24, 2.45) is 5.92 Å². The minimum absolute atomic E-state index is 0.0117. The Labute approximate surface area is 137 Å². The summed E-state index contributed by atoms with van der Waals surface area (Å²) in [4.78, 5) is 12.0. The van der Waals surface area contributed by atoms with Gasteiger partial charge in [-0.3, -0.25) is 4.79 Å². The Bertz CT molecular complexity index is 710. The van der Waals surface area contributed by atoms with Gasteiger partial charge in [0.15, 0.2) is 0 Å². The van der Waals surface area contributed by atoms with Crippen molar-refractivity contribution in [1.29, 1.82) is 0 Å². The average Bonchev–Trinajstić information content (AvgIpc) is 2.52. The van der Waals surface area contributed by atoms with Gasteiger partial charge in [0.1, 0.15) is 12.4 Å². The quantitative estimate of drug-likeness (QED) is 0.456. The van der Waals surface area contributed by atoms with Crippen molar-refractivity contribution < 1.29 is 35.3 Å². The fourth-order valence-corrected chi connectivity index (χ4v) is 2.68. The monoisotopic (exact) mass is 364 g/mol. The first kappa shape index (κ1) is 18.3. The number of ether oxygens (including phenoxy) is 1. The van der Waals surface area contributed by atoms with Gasteiger partial charge in [0.25, 0.3) is 0 Å². The molecule has 1 unspecified atom stereocenters. The third kappa shape index (κ3) is 4.73. The number of hydrogen-bond acceptors (Lipinski definition) is 5. The third-order valence-electron chi connectivity index (χ3n) is 3.35. The van der Waals surface area contributed by atoms with E-state index < -0.39 is 27.5 Å². The lowest BCUT2D eigenvalue weighted by Gasteiger charge is -2.20. The molecule has 0 saturated heterocycles. The second-order valence-electron chi connectivity index (χ2n) is 5.21. The van der Waals surface area contributed by atoms with Crippen molar-refractivity contribution in [3.05, 3.63) is 47.7 Å². The average molecular weight is 364 g/mol. The Kier molecular flexibility index (Phi) is 5.53. The predicted octanol–water partition coefficient (Wildman–Crippen LogP) is 3.28. The maximum absolute atomic E-state index is 12.3. The van der Waals surface area contributed by atoms with Crippen LogP contribution in [0.4, 0.5) is 13.2 Å². The summed E-state index contributed by atoms with van der Waals surface area (Å²) in [5.41, 5.74) is -4.74. The molecule has 0 radical (unpaired) electrons. The molecule has 2 rings (SSSR count). The van der Waals surface area contributed by atoms with E-state index >= 15 is 0 Å². The second-order valence-corrected chi connectivity index (χ2v) is 6.75. The molecule has 0 aromatic heterocycles. The highest BCUT2D eigenvalue weighted by molar-refractivity contribution is 7.87. The van der Waals surface area contributed by atoms with E-state index in [4.69, 9.17) is 4.74 Å². The molecule has 0 aliphatic heterocycles. The van der Waals surface area contributed by atoms with E-state index in [0.717, 1.165) is 11.6 Å². The highest BCUT2D eigenvalue weighted by Crippen LogP contribution is 2.31. The van der Waals surface area contributed by atoms with Crippen LogP contribution in [-0.2, 0) is 30.4 Å². The van der Waals surface area contributed by atoms with Gasteiger partial charge in [0, 0.05) is 6.42 Å². The Balaban J connectivity index is 1.99. The summed E-state index contributed by atoms with van der Waals surface area (Å²) in [6.07, 6.45) is 1.77. The first-order chi connectivity index (χ1) is 11.2. The molecule has 0 heterocycles. The van der Waals surface area contributed by atoms with Gasteiger partial charge in [-0.25, -0.2) is 0 Å². The number of halogens is 3. The highest BCUT2D eigenvalue weighted by atomic mass is 32.2. The molecule has 0 saturated carbocycles. The Morgan fingerprint density at radius 1 is 1.21 bits per heavy atom. The Hall–Kier alpha value is -2.03. The first-order valence-electron chi connectivity index (χ1n) is 7.11. The van der Waals surface area contributed by atoms with Gasteiger partial charge in [0.2, 0.25) is 0 Å². The zero-order chi connectivity index (χ0) is 17.8. The Morgan fingerprint density at radius 2 is 1.88 bits per heavy atom. The van der Waals surface area contributed by atoms with Crippen molar-refractivity contribution in [2.75, 3.05) is 0 Å². The summed E-state index contributed by atoms with van der Waals surface area (Å²) in [5.74, 6) is -1.86. The molecule has 1 aromatic carbocycles. The molecule has 1 aliphatic carbocycles. The van der Waals surface area contributed by atoms with Crippen molar-refractivity contribution in [3.8, 4) is 0 Å². The number of esters is 1. The summed E-state index contributed by atoms with van der Waals surface area (Å²) >= 11 is 0. The van der Waals surface area contributed by atoms with Gasteiger partial charge in [0.05, 0.1) is 5.92 Å². The van der Waals surface area contributed by atoms with E-state index in [0.29, 0.717) is 12.8 Å². The zero-order valence-electron chi connectivity index (χ0n) is 12.5. The summed E-state index contributed by atoms with van der Waals surface area (Å²) in [6.45, 7) is 0.0288. The van der Waals surface area contributed by atoms with Gasteiger partial charge < -0.3 is 8.92 Å².